The average Bonchev–Trinajstić information content (AvgIpc) is 2.28. The van der Waals surface area contributed by atoms with E-state index in [0.717, 1.165) is 16.7 Å². The second-order valence-electron chi connectivity index (χ2n) is 7.59. The average molecular weight is 292 g/mol. The van der Waals surface area contributed by atoms with Gasteiger partial charge in [-0.15, -0.1) is 0 Å². The van der Waals surface area contributed by atoms with Crippen LogP contribution < -0.4 is 11.1 Å². The minimum absolute atomic E-state index is 0.226. The maximum absolute atomic E-state index is 11.6. The van der Waals surface area contributed by atoms with Crippen molar-refractivity contribution in [3.8, 4) is 5.75 Å². The summed E-state index contributed by atoms with van der Waals surface area (Å²) in [5.74, 6) is -0.124. The van der Waals surface area contributed by atoms with Gasteiger partial charge in [-0.2, -0.15) is 0 Å². The van der Waals surface area contributed by atoms with Gasteiger partial charge in [0, 0.05) is 0 Å². The molecule has 0 aromatic heterocycles. The van der Waals surface area contributed by atoms with Gasteiger partial charge in [0.05, 0.1) is 0 Å². The van der Waals surface area contributed by atoms with Crippen LogP contribution in [0.4, 0.5) is 0 Å². The Morgan fingerprint density at radius 3 is 1.71 bits per heavy atom. The lowest BCUT2D eigenvalue weighted by Crippen LogP contribution is -2.32. The van der Waals surface area contributed by atoms with Gasteiger partial charge in [0.2, 0.25) is 5.91 Å². The number of nitrogens with one attached hydrogen (secondary N) is 1. The topological polar surface area (TPSA) is 75.3 Å². The van der Waals surface area contributed by atoms with E-state index in [4.69, 9.17) is 5.73 Å². The van der Waals surface area contributed by atoms with Gasteiger partial charge >= 0.3 is 0 Å². The number of nitrogens with two attached hydrogens (primary N) is 1. The van der Waals surface area contributed by atoms with Gasteiger partial charge < -0.3 is 16.2 Å². The van der Waals surface area contributed by atoms with E-state index >= 15 is 0 Å². The highest BCUT2D eigenvalue weighted by Gasteiger charge is 2.28. The first-order chi connectivity index (χ1) is 9.39. The van der Waals surface area contributed by atoms with Gasteiger partial charge in [0.1, 0.15) is 11.8 Å². The smallest absolute Gasteiger partial charge is 0.239 e. The molecule has 0 radical (unpaired) electrons. The number of carbonyl (C=O) groups excluding carboxylic acids is 1. The zero-order valence-corrected chi connectivity index (χ0v) is 14.2. The molecule has 4 nitrogen and oxygen atoms in total. The van der Waals surface area contributed by atoms with E-state index in [1.54, 1.807) is 7.05 Å². The molecule has 1 rings (SSSR count). The van der Waals surface area contributed by atoms with Crippen LogP contribution in [-0.2, 0) is 15.6 Å². The summed E-state index contributed by atoms with van der Waals surface area (Å²) in [7, 11) is 1.70. The first kappa shape index (κ1) is 17.5. The monoisotopic (exact) mass is 292 g/mol. The van der Waals surface area contributed by atoms with Crippen molar-refractivity contribution in [1.82, 2.24) is 5.32 Å². The molecule has 0 saturated heterocycles. The molecular weight excluding hydrogens is 264 g/mol. The van der Waals surface area contributed by atoms with Gasteiger partial charge in [0.25, 0.3) is 0 Å². The number of amides is 1. The third-order valence-electron chi connectivity index (χ3n) is 3.65. The highest BCUT2D eigenvalue weighted by atomic mass is 16.3. The molecule has 1 amide bonds. The lowest BCUT2D eigenvalue weighted by Gasteiger charge is -2.29. The summed E-state index contributed by atoms with van der Waals surface area (Å²) in [6.07, 6.45) is 0. The highest BCUT2D eigenvalue weighted by molar-refractivity contribution is 5.81. The molecule has 118 valence electrons. The number of hydrogen-bond acceptors (Lipinski definition) is 3. The summed E-state index contributed by atoms with van der Waals surface area (Å²) in [4.78, 5) is 11.6. The second kappa shape index (κ2) is 5.68. The van der Waals surface area contributed by atoms with Crippen LogP contribution in [0.15, 0.2) is 12.1 Å². The Balaban J connectivity index is 3.66. The Hall–Kier alpha value is -1.55. The number of phenolic OH excluding ortho intramolecular Hbond substituents is 1. The molecule has 0 aliphatic heterocycles. The predicted octanol–water partition coefficient (Wildman–Crippen LogP) is 2.73. The fraction of sp³-hybridized carbons (Fsp3) is 0.588. The number of likely N-dealkylation sites (N-methyl/N-ethyl adjacent to an activating group) is 1. The van der Waals surface area contributed by atoms with Crippen molar-refractivity contribution in [2.75, 3.05) is 7.05 Å². The van der Waals surface area contributed by atoms with Gasteiger partial charge in [0.15, 0.2) is 0 Å². The fourth-order valence-corrected chi connectivity index (χ4v) is 2.44. The molecule has 0 bridgehead atoms. The summed E-state index contributed by atoms with van der Waals surface area (Å²) in [5.41, 5.74) is 7.46. The first-order valence-corrected chi connectivity index (χ1v) is 7.24. The number of rotatable bonds is 3. The van der Waals surface area contributed by atoms with Crippen LogP contribution in [-0.4, -0.2) is 18.1 Å². The lowest BCUT2D eigenvalue weighted by atomic mass is 9.77. The third kappa shape index (κ3) is 3.76. The Bertz CT molecular complexity index is 502. The molecule has 4 N–H and O–H groups in total. The fourth-order valence-electron chi connectivity index (χ4n) is 2.44. The largest absolute Gasteiger partial charge is 0.507 e. The number of phenols is 1. The molecule has 1 unspecified atom stereocenters. The van der Waals surface area contributed by atoms with Crippen molar-refractivity contribution < 1.29 is 9.90 Å². The maximum atomic E-state index is 11.6. The van der Waals surface area contributed by atoms with Crippen LogP contribution in [0.5, 0.6) is 5.75 Å². The van der Waals surface area contributed by atoms with Crippen LogP contribution in [0.25, 0.3) is 0 Å². The SMILES string of the molecule is CNC(C(N)=O)c1cc(C(C)(C)C)c(O)c(C(C)(C)C)c1. The number of hydrogen-bond donors (Lipinski definition) is 3. The van der Waals surface area contributed by atoms with Crippen LogP contribution in [0, 0.1) is 0 Å². The maximum Gasteiger partial charge on any atom is 0.239 e. The van der Waals surface area contributed by atoms with E-state index in [1.165, 1.54) is 0 Å². The standard InChI is InChI=1S/C17H28N2O2/c1-16(2,3)11-8-10(13(19-7)15(18)21)9-12(14(11)20)17(4,5)6/h8-9,13,19-20H,1-7H3,(H2,18,21). The molecule has 21 heavy (non-hydrogen) atoms. The molecule has 1 aromatic carbocycles. The number of benzene rings is 1. The zero-order valence-electron chi connectivity index (χ0n) is 14.2. The summed E-state index contributed by atoms with van der Waals surface area (Å²) >= 11 is 0. The van der Waals surface area contributed by atoms with Crippen molar-refractivity contribution in [3.63, 3.8) is 0 Å². The zero-order chi connectivity index (χ0) is 16.6. The van der Waals surface area contributed by atoms with Gasteiger partial charge in [-0.05, 0) is 46.7 Å². The molecule has 0 fully saturated rings. The minimum Gasteiger partial charge on any atom is -0.507 e. The van der Waals surface area contributed by atoms with Crippen molar-refractivity contribution in [2.24, 2.45) is 5.73 Å². The van der Waals surface area contributed by atoms with Crippen LogP contribution >= 0.6 is 0 Å². The quantitative estimate of drug-likeness (QED) is 0.802. The summed E-state index contributed by atoms with van der Waals surface area (Å²) in [5, 5.41) is 13.6. The molecule has 0 aliphatic carbocycles. The second-order valence-corrected chi connectivity index (χ2v) is 7.59. The van der Waals surface area contributed by atoms with Crippen LogP contribution in [0.1, 0.15) is 64.3 Å². The van der Waals surface area contributed by atoms with E-state index in [9.17, 15) is 9.90 Å². The van der Waals surface area contributed by atoms with Crippen LogP contribution in [0.2, 0.25) is 0 Å². The van der Waals surface area contributed by atoms with Crippen molar-refractivity contribution in [1.29, 1.82) is 0 Å². The van der Waals surface area contributed by atoms with E-state index in [0.29, 0.717) is 5.75 Å². The van der Waals surface area contributed by atoms with Crippen molar-refractivity contribution in [2.45, 2.75) is 58.4 Å². The van der Waals surface area contributed by atoms with Crippen LogP contribution in [0.3, 0.4) is 0 Å². The summed E-state index contributed by atoms with van der Waals surface area (Å²) in [6.45, 7) is 12.2. The molecular formula is C17H28N2O2. The van der Waals surface area contributed by atoms with Crippen molar-refractivity contribution in [3.05, 3.63) is 28.8 Å². The summed E-state index contributed by atoms with van der Waals surface area (Å²) < 4.78 is 0. The Kier molecular flexibility index (Phi) is 4.73. The number of carbonyl (C=O) groups is 1. The summed E-state index contributed by atoms with van der Waals surface area (Å²) in [6, 6.07) is 3.18. The third-order valence-corrected chi connectivity index (χ3v) is 3.65. The van der Waals surface area contributed by atoms with E-state index in [1.807, 2.05) is 53.7 Å². The van der Waals surface area contributed by atoms with Gasteiger partial charge in [-0.3, -0.25) is 4.79 Å². The predicted molar refractivity (Wildman–Crippen MR) is 86.5 cm³/mol. The number of aromatic hydroxyl groups is 1. The lowest BCUT2D eigenvalue weighted by molar-refractivity contribution is -0.120. The number of primary amides is 1. The van der Waals surface area contributed by atoms with E-state index in [-0.39, 0.29) is 10.8 Å². The molecule has 0 aliphatic rings. The normalized spacial score (nSPS) is 14.0. The van der Waals surface area contributed by atoms with Gasteiger partial charge in [-0.1, -0.05) is 41.5 Å². The molecule has 1 atom stereocenters. The Morgan fingerprint density at radius 2 is 1.48 bits per heavy atom. The molecule has 1 aromatic rings. The van der Waals surface area contributed by atoms with Crippen molar-refractivity contribution >= 4 is 5.91 Å². The molecule has 0 saturated carbocycles. The Labute approximate surface area is 127 Å². The molecule has 4 heteroatoms. The first-order valence-electron chi connectivity index (χ1n) is 7.24. The molecule has 0 spiro atoms. The van der Waals surface area contributed by atoms with E-state index < -0.39 is 11.9 Å². The van der Waals surface area contributed by atoms with E-state index in [2.05, 4.69) is 5.32 Å². The Morgan fingerprint density at radius 1 is 1.10 bits per heavy atom. The highest BCUT2D eigenvalue weighted by Crippen LogP contribution is 2.40. The minimum atomic E-state index is -0.562. The molecule has 0 heterocycles. The van der Waals surface area contributed by atoms with Gasteiger partial charge in [-0.25, -0.2) is 0 Å².